The van der Waals surface area contributed by atoms with Gasteiger partial charge in [0.25, 0.3) is 11.5 Å². The molecule has 34 heavy (non-hydrogen) atoms. The van der Waals surface area contributed by atoms with Gasteiger partial charge in [0.1, 0.15) is 17.4 Å². The summed E-state index contributed by atoms with van der Waals surface area (Å²) >= 11 is 0. The fourth-order valence-electron chi connectivity index (χ4n) is 4.09. The van der Waals surface area contributed by atoms with Crippen LogP contribution >= 0.6 is 0 Å². The van der Waals surface area contributed by atoms with Gasteiger partial charge >= 0.3 is 0 Å². The Balaban J connectivity index is 1.93. The van der Waals surface area contributed by atoms with Gasteiger partial charge in [0.05, 0.1) is 29.7 Å². The van der Waals surface area contributed by atoms with Crippen LogP contribution in [0.4, 0.5) is 4.39 Å². The number of methoxy groups -OCH3 is 1. The van der Waals surface area contributed by atoms with Crippen molar-refractivity contribution in [2.45, 2.75) is 26.3 Å². The molecule has 1 atom stereocenters. The molecule has 0 saturated carbocycles. The lowest BCUT2D eigenvalue weighted by Gasteiger charge is -2.30. The van der Waals surface area contributed by atoms with Crippen LogP contribution in [0, 0.1) is 5.82 Å². The predicted molar refractivity (Wildman–Crippen MR) is 130 cm³/mol. The molecule has 1 heterocycles. The molecule has 0 radical (unpaired) electrons. The van der Waals surface area contributed by atoms with Crippen LogP contribution in [-0.4, -0.2) is 34.0 Å². The Morgan fingerprint density at radius 1 is 1.06 bits per heavy atom. The van der Waals surface area contributed by atoms with E-state index in [0.717, 1.165) is 0 Å². The maximum Gasteiger partial charge on any atom is 0.266 e. The second-order valence-corrected chi connectivity index (χ2v) is 7.98. The molecule has 0 saturated heterocycles. The van der Waals surface area contributed by atoms with E-state index in [-0.39, 0.29) is 11.5 Å². The Kier molecular flexibility index (Phi) is 6.72. The van der Waals surface area contributed by atoms with Crippen molar-refractivity contribution in [2.24, 2.45) is 0 Å². The maximum absolute atomic E-state index is 13.7. The molecule has 3 aromatic carbocycles. The molecule has 0 fully saturated rings. The average Bonchev–Trinajstić information content (AvgIpc) is 2.87. The molecule has 4 rings (SSSR count). The zero-order valence-corrected chi connectivity index (χ0v) is 19.4. The fraction of sp³-hybridized carbons (Fsp3) is 0.222. The van der Waals surface area contributed by atoms with E-state index in [9.17, 15) is 14.0 Å². The largest absolute Gasteiger partial charge is 0.495 e. The fourth-order valence-corrected chi connectivity index (χ4v) is 4.09. The highest BCUT2D eigenvalue weighted by Gasteiger charge is 2.28. The Bertz CT molecular complexity index is 1380. The molecule has 0 bridgehead atoms. The van der Waals surface area contributed by atoms with E-state index in [4.69, 9.17) is 9.72 Å². The summed E-state index contributed by atoms with van der Waals surface area (Å²) in [4.78, 5) is 33.6. The molecule has 4 aromatic rings. The number of nitrogens with zero attached hydrogens (tertiary/aromatic N) is 3. The number of rotatable bonds is 7. The van der Waals surface area contributed by atoms with Crippen LogP contribution < -0.4 is 10.3 Å². The first kappa shape index (κ1) is 23.2. The third-order valence-electron chi connectivity index (χ3n) is 5.79. The quantitative estimate of drug-likeness (QED) is 0.384. The lowest BCUT2D eigenvalue weighted by atomic mass is 10.1. The number of ether oxygens (including phenoxy) is 1. The topological polar surface area (TPSA) is 64.4 Å². The van der Waals surface area contributed by atoms with Crippen molar-refractivity contribution in [2.75, 3.05) is 13.7 Å². The number of carbonyl (C=O) groups is 1. The first-order valence-corrected chi connectivity index (χ1v) is 11.2. The summed E-state index contributed by atoms with van der Waals surface area (Å²) in [6.07, 6.45) is 0.698. The zero-order chi connectivity index (χ0) is 24.2. The predicted octanol–water partition coefficient (Wildman–Crippen LogP) is 5.15. The molecule has 7 heteroatoms. The number of fused-ring (bicyclic) bond motifs is 1. The van der Waals surface area contributed by atoms with Crippen LogP contribution in [-0.2, 0) is 0 Å². The molecule has 174 valence electrons. The van der Waals surface area contributed by atoms with Crippen LogP contribution in [0.2, 0.25) is 0 Å². The van der Waals surface area contributed by atoms with E-state index in [1.165, 1.54) is 28.8 Å². The van der Waals surface area contributed by atoms with Crippen molar-refractivity contribution in [3.8, 4) is 11.4 Å². The molecule has 1 unspecified atom stereocenters. The number of carbonyl (C=O) groups excluding carboxylic acids is 1. The van der Waals surface area contributed by atoms with Crippen molar-refractivity contribution in [1.29, 1.82) is 0 Å². The summed E-state index contributed by atoms with van der Waals surface area (Å²) in [5.41, 5.74) is 1.21. The number of hydrogen-bond acceptors (Lipinski definition) is 4. The highest BCUT2D eigenvalue weighted by molar-refractivity contribution is 5.94. The standard InChI is InChI=1S/C27H26FN3O3/c1-4-17-30(26(32)19-13-15-20(28)16-14-19)18(2)25-29-22-10-6-5-9-21(22)27(33)31(25)23-11-7-8-12-24(23)34-3/h5-16,18H,4,17H2,1-3H3. The van der Waals surface area contributed by atoms with Gasteiger partial charge in [-0.05, 0) is 61.9 Å². The van der Waals surface area contributed by atoms with Crippen LogP contribution in [0.3, 0.4) is 0 Å². The van der Waals surface area contributed by atoms with Gasteiger partial charge in [0, 0.05) is 12.1 Å². The molecule has 0 aliphatic rings. The van der Waals surface area contributed by atoms with E-state index < -0.39 is 11.9 Å². The maximum atomic E-state index is 13.7. The van der Waals surface area contributed by atoms with Gasteiger partial charge in [0.15, 0.2) is 0 Å². The Hall–Kier alpha value is -4.00. The van der Waals surface area contributed by atoms with Crippen LogP contribution in [0.25, 0.3) is 16.6 Å². The molecule has 6 nitrogen and oxygen atoms in total. The smallest absolute Gasteiger partial charge is 0.266 e. The number of benzene rings is 3. The first-order valence-electron chi connectivity index (χ1n) is 11.2. The minimum absolute atomic E-state index is 0.248. The minimum Gasteiger partial charge on any atom is -0.495 e. The Morgan fingerprint density at radius 2 is 1.74 bits per heavy atom. The van der Waals surface area contributed by atoms with Crippen LogP contribution in [0.15, 0.2) is 77.6 Å². The highest BCUT2D eigenvalue weighted by atomic mass is 19.1. The van der Waals surface area contributed by atoms with Gasteiger partial charge in [-0.1, -0.05) is 31.2 Å². The van der Waals surface area contributed by atoms with E-state index in [2.05, 4.69) is 0 Å². The molecule has 1 aromatic heterocycles. The number of aromatic nitrogens is 2. The lowest BCUT2D eigenvalue weighted by Crippen LogP contribution is -2.38. The SMILES string of the molecule is CCCN(C(=O)c1ccc(F)cc1)C(C)c1nc2ccccc2c(=O)n1-c1ccccc1OC. The van der Waals surface area contributed by atoms with Crippen molar-refractivity contribution in [1.82, 2.24) is 14.5 Å². The summed E-state index contributed by atoms with van der Waals surface area (Å²) in [5.74, 6) is 0.260. The molecular formula is C27H26FN3O3. The van der Waals surface area contributed by atoms with Crippen molar-refractivity contribution in [3.05, 3.63) is 100 Å². The Morgan fingerprint density at radius 3 is 2.44 bits per heavy atom. The average molecular weight is 460 g/mol. The normalized spacial score (nSPS) is 11.9. The third-order valence-corrected chi connectivity index (χ3v) is 5.79. The van der Waals surface area contributed by atoms with E-state index >= 15 is 0 Å². The molecule has 0 aliphatic carbocycles. The summed E-state index contributed by atoms with van der Waals surface area (Å²) < 4.78 is 20.5. The summed E-state index contributed by atoms with van der Waals surface area (Å²) in [6.45, 7) is 4.25. The minimum atomic E-state index is -0.556. The molecule has 0 N–H and O–H groups in total. The van der Waals surface area contributed by atoms with Gasteiger partial charge in [-0.25, -0.2) is 9.37 Å². The second-order valence-electron chi connectivity index (χ2n) is 7.98. The summed E-state index contributed by atoms with van der Waals surface area (Å²) in [7, 11) is 1.54. The van der Waals surface area contributed by atoms with Crippen LogP contribution in [0.5, 0.6) is 5.75 Å². The van der Waals surface area contributed by atoms with Gasteiger partial charge in [-0.15, -0.1) is 0 Å². The molecule has 1 amide bonds. The summed E-state index contributed by atoms with van der Waals surface area (Å²) in [6, 6.07) is 19.3. The molecule has 0 spiro atoms. The third kappa shape index (κ3) is 4.29. The zero-order valence-electron chi connectivity index (χ0n) is 19.4. The van der Waals surface area contributed by atoms with Crippen molar-refractivity contribution in [3.63, 3.8) is 0 Å². The highest BCUT2D eigenvalue weighted by Crippen LogP contribution is 2.28. The number of halogens is 1. The number of para-hydroxylation sites is 3. The van der Waals surface area contributed by atoms with Crippen LogP contribution in [0.1, 0.15) is 42.5 Å². The second kappa shape index (κ2) is 9.87. The van der Waals surface area contributed by atoms with Gasteiger partial charge < -0.3 is 9.64 Å². The van der Waals surface area contributed by atoms with Crippen molar-refractivity contribution >= 4 is 16.8 Å². The number of hydrogen-bond donors (Lipinski definition) is 0. The van der Waals surface area contributed by atoms with E-state index in [1.54, 1.807) is 42.3 Å². The van der Waals surface area contributed by atoms with Gasteiger partial charge in [-0.2, -0.15) is 0 Å². The molecular weight excluding hydrogens is 433 g/mol. The van der Waals surface area contributed by atoms with Gasteiger partial charge in [-0.3, -0.25) is 14.2 Å². The number of amides is 1. The lowest BCUT2D eigenvalue weighted by molar-refractivity contribution is 0.0681. The van der Waals surface area contributed by atoms with Gasteiger partial charge in [0.2, 0.25) is 0 Å². The van der Waals surface area contributed by atoms with E-state index in [1.807, 2.05) is 32.0 Å². The van der Waals surface area contributed by atoms with E-state index in [0.29, 0.717) is 46.7 Å². The monoisotopic (exact) mass is 459 g/mol. The molecule has 0 aliphatic heterocycles. The van der Waals surface area contributed by atoms with Crippen molar-refractivity contribution < 1.29 is 13.9 Å². The Labute approximate surface area is 197 Å². The summed E-state index contributed by atoms with van der Waals surface area (Å²) in [5, 5.41) is 0.469. The first-order chi connectivity index (χ1) is 16.5.